The van der Waals surface area contributed by atoms with Gasteiger partial charge in [-0.05, 0) is 44.2 Å². The van der Waals surface area contributed by atoms with Crippen LogP contribution in [0.2, 0.25) is 0 Å². The van der Waals surface area contributed by atoms with Gasteiger partial charge in [-0.25, -0.2) is 4.79 Å². The van der Waals surface area contributed by atoms with Crippen molar-refractivity contribution in [2.75, 3.05) is 12.8 Å². The van der Waals surface area contributed by atoms with Crippen molar-refractivity contribution in [3.05, 3.63) is 71.8 Å². The molecule has 0 aromatic heterocycles. The topological polar surface area (TPSA) is 61.8 Å². The molecule has 0 saturated carbocycles. The number of carbonyl (C=O) groups excluding carboxylic acids is 1. The van der Waals surface area contributed by atoms with E-state index in [4.69, 9.17) is 13.8 Å². The molecule has 6 heteroatoms. The monoisotopic (exact) mass is 404 g/mol. The summed E-state index contributed by atoms with van der Waals surface area (Å²) in [5.41, 5.74) is 2.14. The first-order valence-corrected chi connectivity index (χ1v) is 11.4. The van der Waals surface area contributed by atoms with Crippen LogP contribution < -0.4 is 0 Å². The lowest BCUT2D eigenvalue weighted by atomic mass is 10.1. The highest BCUT2D eigenvalue weighted by molar-refractivity contribution is 7.53. The van der Waals surface area contributed by atoms with Gasteiger partial charge in [-0.2, -0.15) is 0 Å². The van der Waals surface area contributed by atoms with Crippen molar-refractivity contribution >= 4 is 13.6 Å². The van der Waals surface area contributed by atoms with E-state index in [-0.39, 0.29) is 19.4 Å². The maximum Gasteiger partial charge on any atom is 0.335 e. The average molecular weight is 404 g/mol. The number of unbranched alkanes of at least 4 members (excludes halogenated alkanes) is 1. The Bertz CT molecular complexity index is 748. The van der Waals surface area contributed by atoms with Crippen LogP contribution in [0.15, 0.2) is 60.7 Å². The first kappa shape index (κ1) is 22.4. The Morgan fingerprint density at radius 3 is 2.18 bits per heavy atom. The van der Waals surface area contributed by atoms with Gasteiger partial charge in [0.15, 0.2) is 6.10 Å². The summed E-state index contributed by atoms with van der Waals surface area (Å²) in [5.74, 6) is -0.532. The molecule has 0 fully saturated rings. The minimum atomic E-state index is -3.44. The molecule has 2 atom stereocenters. The molecule has 2 rings (SSSR count). The SMILES string of the molecule is CCOC(=O)C(C)OP(=O)(CCCCc1ccccc1)OCc1ccccc1. The van der Waals surface area contributed by atoms with E-state index in [9.17, 15) is 9.36 Å². The number of benzene rings is 2. The summed E-state index contributed by atoms with van der Waals surface area (Å²) in [5, 5.41) is 0. The molecule has 2 unspecified atom stereocenters. The number of aryl methyl sites for hydroxylation is 1. The van der Waals surface area contributed by atoms with Gasteiger partial charge in [-0.3, -0.25) is 9.09 Å². The molecule has 0 spiro atoms. The molecule has 28 heavy (non-hydrogen) atoms. The van der Waals surface area contributed by atoms with Crippen LogP contribution in [0.5, 0.6) is 0 Å². The second-order valence-electron chi connectivity index (χ2n) is 6.54. The maximum atomic E-state index is 13.3. The molecule has 0 aliphatic rings. The van der Waals surface area contributed by atoms with Crippen molar-refractivity contribution in [2.45, 2.75) is 45.8 Å². The molecule has 0 aliphatic carbocycles. The molecule has 0 aliphatic heterocycles. The van der Waals surface area contributed by atoms with Crippen LogP contribution in [-0.4, -0.2) is 24.8 Å². The van der Waals surface area contributed by atoms with Crippen LogP contribution in [0, 0.1) is 0 Å². The molecule has 0 N–H and O–H groups in total. The lowest BCUT2D eigenvalue weighted by molar-refractivity contribution is -0.151. The number of esters is 1. The zero-order chi connectivity index (χ0) is 20.2. The van der Waals surface area contributed by atoms with Crippen LogP contribution >= 0.6 is 7.60 Å². The normalized spacial score (nSPS) is 14.2. The van der Waals surface area contributed by atoms with Gasteiger partial charge < -0.3 is 9.26 Å². The van der Waals surface area contributed by atoms with Gasteiger partial charge >= 0.3 is 13.6 Å². The smallest absolute Gasteiger partial charge is 0.335 e. The number of carbonyl (C=O) groups is 1. The second kappa shape index (κ2) is 11.8. The Balaban J connectivity index is 1.93. The van der Waals surface area contributed by atoms with Gasteiger partial charge in [0, 0.05) is 0 Å². The van der Waals surface area contributed by atoms with Crippen LogP contribution in [0.1, 0.15) is 37.8 Å². The number of rotatable bonds is 12. The van der Waals surface area contributed by atoms with E-state index in [1.165, 1.54) is 5.56 Å². The van der Waals surface area contributed by atoms with Crippen LogP contribution in [0.3, 0.4) is 0 Å². The Labute approximate surface area is 167 Å². The van der Waals surface area contributed by atoms with Crippen molar-refractivity contribution in [1.82, 2.24) is 0 Å². The zero-order valence-corrected chi connectivity index (χ0v) is 17.5. The number of hydrogen-bond donors (Lipinski definition) is 0. The fourth-order valence-corrected chi connectivity index (χ4v) is 4.54. The fraction of sp³-hybridized carbons (Fsp3) is 0.409. The summed E-state index contributed by atoms with van der Waals surface area (Å²) < 4.78 is 29.5. The van der Waals surface area contributed by atoms with Crippen LogP contribution in [0.4, 0.5) is 0 Å². The molecular formula is C22H29O5P. The molecule has 0 bridgehead atoms. The van der Waals surface area contributed by atoms with Gasteiger partial charge in [-0.1, -0.05) is 60.7 Å². The highest BCUT2D eigenvalue weighted by atomic mass is 31.2. The summed E-state index contributed by atoms with van der Waals surface area (Å²) >= 11 is 0. The lowest BCUT2D eigenvalue weighted by Crippen LogP contribution is -2.23. The minimum Gasteiger partial charge on any atom is -0.464 e. The molecule has 2 aromatic rings. The van der Waals surface area contributed by atoms with E-state index in [1.54, 1.807) is 13.8 Å². The van der Waals surface area contributed by atoms with E-state index in [0.29, 0.717) is 6.42 Å². The molecule has 0 radical (unpaired) electrons. The van der Waals surface area contributed by atoms with Gasteiger partial charge in [0.2, 0.25) is 0 Å². The number of ether oxygens (including phenoxy) is 1. The third kappa shape index (κ3) is 7.97. The lowest BCUT2D eigenvalue weighted by Gasteiger charge is -2.22. The Morgan fingerprint density at radius 1 is 0.964 bits per heavy atom. The molecule has 0 heterocycles. The Hall–Kier alpha value is -1.94. The van der Waals surface area contributed by atoms with E-state index in [1.807, 2.05) is 48.5 Å². The summed E-state index contributed by atoms with van der Waals surface area (Å²) in [6.07, 6.45) is 1.76. The summed E-state index contributed by atoms with van der Waals surface area (Å²) in [6.45, 7) is 3.69. The van der Waals surface area contributed by atoms with Gasteiger partial charge in [-0.15, -0.1) is 0 Å². The average Bonchev–Trinajstić information content (AvgIpc) is 2.71. The molecule has 2 aromatic carbocycles. The maximum absolute atomic E-state index is 13.3. The third-order valence-corrected chi connectivity index (χ3v) is 6.22. The van der Waals surface area contributed by atoms with E-state index in [2.05, 4.69) is 12.1 Å². The molecule has 0 amide bonds. The van der Waals surface area contributed by atoms with Crippen molar-refractivity contribution in [1.29, 1.82) is 0 Å². The molecule has 0 saturated heterocycles. The quantitative estimate of drug-likeness (QED) is 0.270. The van der Waals surface area contributed by atoms with Gasteiger partial charge in [0.05, 0.1) is 19.4 Å². The predicted molar refractivity (Wildman–Crippen MR) is 110 cm³/mol. The van der Waals surface area contributed by atoms with E-state index >= 15 is 0 Å². The van der Waals surface area contributed by atoms with Crippen molar-refractivity contribution in [2.24, 2.45) is 0 Å². The largest absolute Gasteiger partial charge is 0.464 e. The molecular weight excluding hydrogens is 375 g/mol. The van der Waals surface area contributed by atoms with Crippen LogP contribution in [0.25, 0.3) is 0 Å². The highest BCUT2D eigenvalue weighted by Gasteiger charge is 2.30. The van der Waals surface area contributed by atoms with Crippen molar-refractivity contribution in [3.63, 3.8) is 0 Å². The molecule has 5 nitrogen and oxygen atoms in total. The first-order valence-electron chi connectivity index (χ1n) is 9.69. The van der Waals surface area contributed by atoms with E-state index < -0.39 is 19.7 Å². The summed E-state index contributed by atoms with van der Waals surface area (Å²) in [4.78, 5) is 11.9. The summed E-state index contributed by atoms with van der Waals surface area (Å²) in [6, 6.07) is 19.6. The Kier molecular flexibility index (Phi) is 9.42. The minimum absolute atomic E-state index is 0.173. The third-order valence-electron chi connectivity index (χ3n) is 4.20. The van der Waals surface area contributed by atoms with Gasteiger partial charge in [0.25, 0.3) is 0 Å². The van der Waals surface area contributed by atoms with Gasteiger partial charge in [0.1, 0.15) is 0 Å². The zero-order valence-electron chi connectivity index (χ0n) is 16.6. The fourth-order valence-electron chi connectivity index (χ4n) is 2.72. The predicted octanol–water partition coefficient (Wildman–Crippen LogP) is 5.39. The van der Waals surface area contributed by atoms with Crippen molar-refractivity contribution < 1.29 is 23.1 Å². The van der Waals surface area contributed by atoms with Crippen LogP contribution in [-0.2, 0) is 36.2 Å². The van der Waals surface area contributed by atoms with E-state index in [0.717, 1.165) is 18.4 Å². The Morgan fingerprint density at radius 2 is 1.57 bits per heavy atom. The molecule has 152 valence electrons. The second-order valence-corrected chi connectivity index (χ2v) is 8.67. The standard InChI is InChI=1S/C22H29O5P/c1-3-25-22(23)19(2)27-28(24,26-18-21-15-8-5-9-16-21)17-11-10-14-20-12-6-4-7-13-20/h4-9,12-13,15-16,19H,3,10-11,14,17-18H2,1-2H3. The summed E-state index contributed by atoms with van der Waals surface area (Å²) in [7, 11) is -3.44. The van der Waals surface area contributed by atoms with Crippen molar-refractivity contribution in [3.8, 4) is 0 Å². The highest BCUT2D eigenvalue weighted by Crippen LogP contribution is 2.51. The number of hydrogen-bond acceptors (Lipinski definition) is 5. The first-order chi connectivity index (χ1) is 13.5.